The van der Waals surface area contributed by atoms with Crippen molar-refractivity contribution in [3.63, 3.8) is 0 Å². The molecule has 0 saturated carbocycles. The molecule has 0 aliphatic rings. The summed E-state index contributed by atoms with van der Waals surface area (Å²) in [6, 6.07) is 1.31. The lowest BCUT2D eigenvalue weighted by molar-refractivity contribution is -0.144. The maximum absolute atomic E-state index is 14.3. The fraction of sp³-hybridized carbons (Fsp3) is 0.267. The van der Waals surface area contributed by atoms with Crippen molar-refractivity contribution in [3.8, 4) is 11.4 Å². The van der Waals surface area contributed by atoms with Gasteiger partial charge < -0.3 is 9.47 Å². The first-order valence-corrected chi connectivity index (χ1v) is 8.94. The summed E-state index contributed by atoms with van der Waals surface area (Å²) in [4.78, 5) is 36.1. The Morgan fingerprint density at radius 2 is 1.73 bits per heavy atom. The Labute approximate surface area is 184 Å². The lowest BCUT2D eigenvalue weighted by atomic mass is 10.2. The first kappa shape index (κ1) is 24.3. The van der Waals surface area contributed by atoms with Crippen LogP contribution in [0, 0.1) is 5.82 Å². The molecular weight excluding hydrogens is 506 g/mol. The van der Waals surface area contributed by atoms with E-state index in [0.29, 0.717) is 12.1 Å². The molecule has 1 aromatic carbocycles. The van der Waals surface area contributed by atoms with E-state index in [4.69, 9.17) is 51.1 Å². The minimum absolute atomic E-state index is 0.0976. The van der Waals surface area contributed by atoms with E-state index in [-0.39, 0.29) is 15.2 Å². The van der Waals surface area contributed by atoms with Gasteiger partial charge in [0, 0.05) is 19.2 Å². The van der Waals surface area contributed by atoms with Crippen molar-refractivity contribution in [1.29, 1.82) is 0 Å². The van der Waals surface area contributed by atoms with Gasteiger partial charge in [-0.15, -0.1) is 0 Å². The van der Waals surface area contributed by atoms with Crippen molar-refractivity contribution in [1.82, 2.24) is 9.13 Å². The SMILES string of the molecule is Cn1c(C(F)(F)F)cc(=O)n(-c2cc(OC(=O)OCC(Cl)(Cl)Cl)c(Cl)cc2F)c1=O. The van der Waals surface area contributed by atoms with E-state index in [0.717, 1.165) is 7.05 Å². The third-order valence-electron chi connectivity index (χ3n) is 3.40. The second-order valence-electron chi connectivity index (χ2n) is 5.53. The molecular formula is C15H8Cl4F4N2O5. The lowest BCUT2D eigenvalue weighted by Crippen LogP contribution is -2.41. The predicted octanol–water partition coefficient (Wildman–Crippen LogP) is 4.23. The normalized spacial score (nSPS) is 12.0. The van der Waals surface area contributed by atoms with Gasteiger partial charge in [-0.25, -0.2) is 18.5 Å². The predicted molar refractivity (Wildman–Crippen MR) is 99.5 cm³/mol. The molecule has 0 fully saturated rings. The van der Waals surface area contributed by atoms with Crippen molar-refractivity contribution >= 4 is 52.6 Å². The first-order chi connectivity index (χ1) is 13.6. The monoisotopic (exact) mass is 512 g/mol. The highest BCUT2D eigenvalue weighted by atomic mass is 35.6. The first-order valence-electron chi connectivity index (χ1n) is 7.43. The van der Waals surface area contributed by atoms with Crippen molar-refractivity contribution < 1.29 is 31.8 Å². The van der Waals surface area contributed by atoms with Crippen LogP contribution in [0.1, 0.15) is 5.69 Å². The molecule has 2 rings (SSSR count). The molecule has 1 heterocycles. The molecule has 164 valence electrons. The summed E-state index contributed by atoms with van der Waals surface area (Å²) in [6.07, 6.45) is -6.45. The van der Waals surface area contributed by atoms with E-state index < -0.39 is 62.0 Å². The molecule has 0 aliphatic carbocycles. The van der Waals surface area contributed by atoms with Crippen LogP contribution in [0.5, 0.6) is 5.75 Å². The number of hydrogen-bond acceptors (Lipinski definition) is 5. The number of alkyl halides is 6. The van der Waals surface area contributed by atoms with Gasteiger partial charge in [0.05, 0.1) is 10.7 Å². The molecule has 15 heteroatoms. The van der Waals surface area contributed by atoms with E-state index in [1.807, 2.05) is 0 Å². The van der Waals surface area contributed by atoms with Crippen molar-refractivity contribution in [2.75, 3.05) is 6.61 Å². The number of ether oxygens (including phenoxy) is 2. The summed E-state index contributed by atoms with van der Waals surface area (Å²) in [6.45, 7) is -0.721. The average molecular weight is 514 g/mol. The molecule has 7 nitrogen and oxygen atoms in total. The molecule has 2 aromatic rings. The summed E-state index contributed by atoms with van der Waals surface area (Å²) >= 11 is 21.9. The smallest absolute Gasteiger partial charge is 0.429 e. The second-order valence-corrected chi connectivity index (χ2v) is 8.46. The maximum Gasteiger partial charge on any atom is 0.514 e. The van der Waals surface area contributed by atoms with E-state index in [1.165, 1.54) is 0 Å². The fourth-order valence-corrected chi connectivity index (χ4v) is 2.50. The van der Waals surface area contributed by atoms with Crippen LogP contribution in [0.2, 0.25) is 5.02 Å². The minimum Gasteiger partial charge on any atom is -0.429 e. The topological polar surface area (TPSA) is 79.5 Å². The van der Waals surface area contributed by atoms with Gasteiger partial charge in [-0.1, -0.05) is 46.4 Å². The molecule has 0 aliphatic heterocycles. The lowest BCUT2D eigenvalue weighted by Gasteiger charge is -2.15. The van der Waals surface area contributed by atoms with Crippen molar-refractivity contribution in [2.45, 2.75) is 9.97 Å². The molecule has 0 saturated heterocycles. The Morgan fingerprint density at radius 1 is 1.13 bits per heavy atom. The number of benzene rings is 1. The van der Waals surface area contributed by atoms with Gasteiger partial charge in [-0.05, 0) is 6.07 Å². The van der Waals surface area contributed by atoms with Gasteiger partial charge in [0.15, 0.2) is 5.75 Å². The van der Waals surface area contributed by atoms with Crippen LogP contribution in [-0.4, -0.2) is 25.7 Å². The number of halogens is 8. The highest BCUT2D eigenvalue weighted by molar-refractivity contribution is 6.67. The van der Waals surface area contributed by atoms with E-state index in [1.54, 1.807) is 0 Å². The third-order valence-corrected chi connectivity index (χ3v) is 4.02. The Hall–Kier alpha value is -1.95. The van der Waals surface area contributed by atoms with Gasteiger partial charge in [0.25, 0.3) is 5.56 Å². The van der Waals surface area contributed by atoms with Gasteiger partial charge in [0.1, 0.15) is 18.1 Å². The Kier molecular flexibility index (Phi) is 7.02. The number of aromatic nitrogens is 2. The molecule has 0 radical (unpaired) electrons. The molecule has 0 unspecified atom stereocenters. The summed E-state index contributed by atoms with van der Waals surface area (Å²) in [5.74, 6) is -1.85. The largest absolute Gasteiger partial charge is 0.514 e. The molecule has 0 bridgehead atoms. The van der Waals surface area contributed by atoms with E-state index in [2.05, 4.69) is 4.74 Å². The molecule has 0 amide bonds. The molecule has 0 spiro atoms. The van der Waals surface area contributed by atoms with Gasteiger partial charge >= 0.3 is 18.0 Å². The maximum atomic E-state index is 14.3. The Bertz CT molecular complexity index is 1110. The zero-order chi connectivity index (χ0) is 23.0. The number of nitrogens with zero attached hydrogens (tertiary/aromatic N) is 2. The molecule has 30 heavy (non-hydrogen) atoms. The van der Waals surface area contributed by atoms with Crippen LogP contribution in [0.4, 0.5) is 22.4 Å². The van der Waals surface area contributed by atoms with Crippen LogP contribution in [-0.2, 0) is 18.0 Å². The zero-order valence-electron chi connectivity index (χ0n) is 14.4. The van der Waals surface area contributed by atoms with E-state index in [9.17, 15) is 31.9 Å². The number of carbonyl (C=O) groups is 1. The number of hydrogen-bond donors (Lipinski definition) is 0. The highest BCUT2D eigenvalue weighted by Crippen LogP contribution is 2.31. The van der Waals surface area contributed by atoms with Gasteiger partial charge in [0.2, 0.25) is 3.79 Å². The van der Waals surface area contributed by atoms with Crippen LogP contribution in [0.3, 0.4) is 0 Å². The Morgan fingerprint density at radius 3 is 2.27 bits per heavy atom. The quantitative estimate of drug-likeness (QED) is 0.265. The second kappa shape index (κ2) is 8.66. The van der Waals surface area contributed by atoms with Crippen LogP contribution >= 0.6 is 46.4 Å². The average Bonchev–Trinajstić information content (AvgIpc) is 2.58. The van der Waals surface area contributed by atoms with Gasteiger partial charge in [-0.2, -0.15) is 13.2 Å². The highest BCUT2D eigenvalue weighted by Gasteiger charge is 2.35. The van der Waals surface area contributed by atoms with Crippen LogP contribution in [0.25, 0.3) is 5.69 Å². The third kappa shape index (κ3) is 5.60. The van der Waals surface area contributed by atoms with Crippen LogP contribution in [0.15, 0.2) is 27.8 Å². The molecule has 1 aromatic heterocycles. The summed E-state index contributed by atoms with van der Waals surface area (Å²) in [7, 11) is 0.737. The minimum atomic E-state index is -5.01. The standard InChI is InChI=1S/C15H8Cl4F4N2O5/c1-24-10(15(21,22)23)4-11(26)25(12(24)27)8-3-9(6(16)2-7(8)20)30-13(28)29-5-14(17,18)19/h2-4H,5H2,1H3. The number of carbonyl (C=O) groups excluding carboxylic acids is 1. The summed E-state index contributed by atoms with van der Waals surface area (Å²) in [5, 5.41) is -0.487. The molecule has 0 N–H and O–H groups in total. The number of rotatable bonds is 3. The Balaban J connectivity index is 2.53. The van der Waals surface area contributed by atoms with Crippen molar-refractivity contribution in [3.05, 3.63) is 55.6 Å². The molecule has 0 atom stereocenters. The van der Waals surface area contributed by atoms with Crippen molar-refractivity contribution in [2.24, 2.45) is 7.05 Å². The van der Waals surface area contributed by atoms with Gasteiger partial charge in [-0.3, -0.25) is 9.36 Å². The summed E-state index contributed by atoms with van der Waals surface area (Å²) < 4.78 is 60.6. The summed E-state index contributed by atoms with van der Waals surface area (Å²) in [5.41, 5.74) is -5.38. The van der Waals surface area contributed by atoms with E-state index >= 15 is 0 Å². The van der Waals surface area contributed by atoms with Crippen LogP contribution < -0.4 is 16.0 Å². The zero-order valence-corrected chi connectivity index (χ0v) is 17.4. The fourth-order valence-electron chi connectivity index (χ4n) is 2.15.